The largest absolute Gasteiger partial charge is 0.492 e. The summed E-state index contributed by atoms with van der Waals surface area (Å²) < 4.78 is 6.00. The number of aliphatic hydroxyl groups is 1. The first kappa shape index (κ1) is 23.7. The van der Waals surface area contributed by atoms with Gasteiger partial charge in [0.1, 0.15) is 11.4 Å². The molecule has 0 amide bonds. The van der Waals surface area contributed by atoms with Crippen LogP contribution in [0.4, 0.5) is 28.8 Å². The lowest BCUT2D eigenvalue weighted by Crippen LogP contribution is -2.35. The molecule has 5 rings (SSSR count). The third kappa shape index (κ3) is 5.03. The molecule has 1 saturated heterocycles. The second-order valence-electron chi connectivity index (χ2n) is 9.87. The fraction of sp³-hybridized carbons (Fsp3) is 0.556. The van der Waals surface area contributed by atoms with Crippen molar-refractivity contribution in [1.29, 1.82) is 0 Å². The van der Waals surface area contributed by atoms with Gasteiger partial charge in [0.2, 0.25) is 5.95 Å². The van der Waals surface area contributed by atoms with Crippen LogP contribution in [0.5, 0.6) is 5.75 Å². The van der Waals surface area contributed by atoms with Crippen molar-refractivity contribution in [3.8, 4) is 5.75 Å². The Morgan fingerprint density at radius 3 is 2.66 bits per heavy atom. The SMILES string of the molecule is C=C1CCN(C2CCCC2)c2nc(Nc3ccc(N4CCC(O)CC4)cc3OCC)ncc2N1C. The summed E-state index contributed by atoms with van der Waals surface area (Å²) in [5.74, 6) is 2.34. The van der Waals surface area contributed by atoms with Gasteiger partial charge in [-0.05, 0) is 44.7 Å². The van der Waals surface area contributed by atoms with Crippen molar-refractivity contribution in [1.82, 2.24) is 9.97 Å². The summed E-state index contributed by atoms with van der Waals surface area (Å²) in [5.41, 5.74) is 4.07. The summed E-state index contributed by atoms with van der Waals surface area (Å²) in [6.45, 7) is 9.48. The fourth-order valence-electron chi connectivity index (χ4n) is 5.47. The van der Waals surface area contributed by atoms with Crippen LogP contribution in [0.3, 0.4) is 0 Å². The highest BCUT2D eigenvalue weighted by molar-refractivity contribution is 5.74. The van der Waals surface area contributed by atoms with E-state index in [1.807, 2.05) is 19.2 Å². The highest BCUT2D eigenvalue weighted by Gasteiger charge is 2.30. The zero-order chi connectivity index (χ0) is 24.4. The molecule has 1 aliphatic carbocycles. The maximum atomic E-state index is 9.86. The van der Waals surface area contributed by atoms with Gasteiger partial charge in [-0.3, -0.25) is 0 Å². The van der Waals surface area contributed by atoms with Crippen molar-refractivity contribution in [2.24, 2.45) is 0 Å². The summed E-state index contributed by atoms with van der Waals surface area (Å²) in [6, 6.07) is 6.75. The lowest BCUT2D eigenvalue weighted by Gasteiger charge is -2.32. The smallest absolute Gasteiger partial charge is 0.229 e. The first-order valence-corrected chi connectivity index (χ1v) is 13.1. The molecular formula is C27H38N6O2. The van der Waals surface area contributed by atoms with Crippen LogP contribution in [0.2, 0.25) is 0 Å². The highest BCUT2D eigenvalue weighted by atomic mass is 16.5. The van der Waals surface area contributed by atoms with E-state index in [0.717, 1.165) is 73.2 Å². The minimum Gasteiger partial charge on any atom is -0.492 e. The number of aliphatic hydroxyl groups excluding tert-OH is 1. The number of anilines is 5. The molecule has 0 bridgehead atoms. The number of hydrogen-bond donors (Lipinski definition) is 2. The molecule has 0 radical (unpaired) electrons. The van der Waals surface area contributed by atoms with Crippen molar-refractivity contribution in [3.63, 3.8) is 0 Å². The summed E-state index contributed by atoms with van der Waals surface area (Å²) in [6.07, 6.45) is 9.23. The molecule has 35 heavy (non-hydrogen) atoms. The van der Waals surface area contributed by atoms with E-state index in [1.165, 1.54) is 25.7 Å². The van der Waals surface area contributed by atoms with E-state index in [-0.39, 0.29) is 6.10 Å². The first-order valence-electron chi connectivity index (χ1n) is 13.1. The average Bonchev–Trinajstić information content (AvgIpc) is 3.36. The van der Waals surface area contributed by atoms with Gasteiger partial charge in [-0.25, -0.2) is 4.98 Å². The molecule has 2 aromatic rings. The standard InChI is InChI=1S/C27H38N6O2/c1-4-35-25-17-21(32-14-12-22(34)13-15-32)9-10-23(25)29-27-28-18-24-26(30-27)33(20-7-5-6-8-20)16-11-19(2)31(24)3/h9-10,17-18,20,22,34H,2,4-8,11-16H2,1,3H3,(H,28,29,30). The highest BCUT2D eigenvalue weighted by Crippen LogP contribution is 2.39. The summed E-state index contributed by atoms with van der Waals surface area (Å²) in [5, 5.41) is 13.3. The van der Waals surface area contributed by atoms with Crippen LogP contribution in [-0.4, -0.2) is 60.5 Å². The van der Waals surface area contributed by atoms with Gasteiger partial charge in [0.25, 0.3) is 0 Å². The van der Waals surface area contributed by atoms with E-state index in [1.54, 1.807) is 0 Å². The van der Waals surface area contributed by atoms with Crippen molar-refractivity contribution in [3.05, 3.63) is 36.7 Å². The summed E-state index contributed by atoms with van der Waals surface area (Å²) >= 11 is 0. The van der Waals surface area contributed by atoms with Crippen LogP contribution in [0.15, 0.2) is 36.7 Å². The Hall–Kier alpha value is -3.00. The number of rotatable bonds is 6. The Morgan fingerprint density at radius 2 is 1.91 bits per heavy atom. The zero-order valence-corrected chi connectivity index (χ0v) is 21.0. The molecule has 2 fully saturated rings. The molecular weight excluding hydrogens is 440 g/mol. The van der Waals surface area contributed by atoms with Crippen LogP contribution in [-0.2, 0) is 0 Å². The molecule has 3 aliphatic rings. The number of nitrogens with one attached hydrogen (secondary N) is 1. The van der Waals surface area contributed by atoms with E-state index >= 15 is 0 Å². The predicted molar refractivity (Wildman–Crippen MR) is 142 cm³/mol. The maximum Gasteiger partial charge on any atom is 0.229 e. The molecule has 0 spiro atoms. The Labute approximate surface area is 208 Å². The Bertz CT molecular complexity index is 1050. The number of ether oxygens (including phenoxy) is 1. The topological polar surface area (TPSA) is 77.0 Å². The molecule has 3 heterocycles. The van der Waals surface area contributed by atoms with Crippen molar-refractivity contribution in [2.75, 3.05) is 53.3 Å². The number of fused-ring (bicyclic) bond motifs is 1. The van der Waals surface area contributed by atoms with Crippen molar-refractivity contribution >= 4 is 28.8 Å². The quantitative estimate of drug-likeness (QED) is 0.620. The third-order valence-electron chi connectivity index (χ3n) is 7.61. The minimum atomic E-state index is -0.191. The van der Waals surface area contributed by atoms with E-state index in [9.17, 15) is 5.11 Å². The van der Waals surface area contributed by atoms with Gasteiger partial charge in [0, 0.05) is 56.6 Å². The maximum absolute atomic E-state index is 9.86. The molecule has 1 saturated carbocycles. The van der Waals surface area contributed by atoms with Crippen LogP contribution >= 0.6 is 0 Å². The second kappa shape index (κ2) is 10.3. The van der Waals surface area contributed by atoms with E-state index in [4.69, 9.17) is 9.72 Å². The van der Waals surface area contributed by atoms with E-state index in [2.05, 4.69) is 50.8 Å². The lowest BCUT2D eigenvalue weighted by atomic mass is 10.1. The van der Waals surface area contributed by atoms with Crippen LogP contribution in [0.25, 0.3) is 0 Å². The van der Waals surface area contributed by atoms with Gasteiger partial charge < -0.3 is 29.9 Å². The van der Waals surface area contributed by atoms with E-state index < -0.39 is 0 Å². The van der Waals surface area contributed by atoms with Crippen LogP contribution in [0, 0.1) is 0 Å². The van der Waals surface area contributed by atoms with Gasteiger partial charge in [0.15, 0.2) is 5.82 Å². The summed E-state index contributed by atoms with van der Waals surface area (Å²) in [4.78, 5) is 16.6. The van der Waals surface area contributed by atoms with Crippen molar-refractivity contribution in [2.45, 2.75) is 64.0 Å². The van der Waals surface area contributed by atoms with E-state index in [0.29, 0.717) is 18.6 Å². The number of hydrogen-bond acceptors (Lipinski definition) is 8. The molecule has 188 valence electrons. The van der Waals surface area contributed by atoms with Crippen LogP contribution in [0.1, 0.15) is 51.9 Å². The molecule has 2 N–H and O–H groups in total. The summed E-state index contributed by atoms with van der Waals surface area (Å²) in [7, 11) is 2.06. The molecule has 0 atom stereocenters. The Morgan fingerprint density at radius 1 is 1.14 bits per heavy atom. The second-order valence-corrected chi connectivity index (χ2v) is 9.87. The third-order valence-corrected chi connectivity index (χ3v) is 7.61. The Kier molecular flexibility index (Phi) is 7.00. The van der Waals surface area contributed by atoms with Gasteiger partial charge in [0.05, 0.1) is 24.6 Å². The molecule has 2 aliphatic heterocycles. The molecule has 8 nitrogen and oxygen atoms in total. The first-order chi connectivity index (χ1) is 17.0. The number of piperidine rings is 1. The van der Waals surface area contributed by atoms with Crippen molar-refractivity contribution < 1.29 is 9.84 Å². The number of nitrogens with zero attached hydrogens (tertiary/aromatic N) is 5. The predicted octanol–water partition coefficient (Wildman–Crippen LogP) is 4.68. The molecule has 8 heteroatoms. The Balaban J connectivity index is 1.43. The minimum absolute atomic E-state index is 0.191. The number of benzene rings is 1. The normalized spacial score (nSPS) is 19.6. The average molecular weight is 479 g/mol. The van der Waals surface area contributed by atoms with Gasteiger partial charge in [-0.2, -0.15) is 4.98 Å². The van der Waals surface area contributed by atoms with Crippen LogP contribution < -0.4 is 24.8 Å². The zero-order valence-electron chi connectivity index (χ0n) is 21.0. The number of aromatic nitrogens is 2. The molecule has 0 unspecified atom stereocenters. The van der Waals surface area contributed by atoms with Gasteiger partial charge in [-0.1, -0.05) is 19.4 Å². The lowest BCUT2D eigenvalue weighted by molar-refractivity contribution is 0.145. The molecule has 1 aromatic heterocycles. The fourth-order valence-corrected chi connectivity index (χ4v) is 5.47. The van der Waals surface area contributed by atoms with Gasteiger partial charge >= 0.3 is 0 Å². The monoisotopic (exact) mass is 478 g/mol. The molecule has 1 aromatic carbocycles. The van der Waals surface area contributed by atoms with Gasteiger partial charge in [-0.15, -0.1) is 0 Å².